The Balaban J connectivity index is 2.18. The first-order chi connectivity index (χ1) is 14.6. The predicted octanol–water partition coefficient (Wildman–Crippen LogP) is 5.38. The Labute approximate surface area is 178 Å². The molecule has 3 rings (SSSR count). The average Bonchev–Trinajstić information content (AvgIpc) is 2.71. The van der Waals surface area contributed by atoms with Gasteiger partial charge < -0.3 is 19.0 Å². The number of fused-ring (bicyclic) bond motifs is 1. The average molecular weight is 457 g/mol. The number of alkyl halides is 3. The van der Waals surface area contributed by atoms with Gasteiger partial charge in [0.15, 0.2) is 11.3 Å². The molecular formula is C21H16ClF3O6. The lowest BCUT2D eigenvalue weighted by atomic mass is 10.1. The van der Waals surface area contributed by atoms with E-state index in [9.17, 15) is 22.8 Å². The third kappa shape index (κ3) is 4.77. The minimum Gasteiger partial charge on any atom is -0.493 e. The van der Waals surface area contributed by atoms with Crippen molar-refractivity contribution in [3.8, 4) is 22.8 Å². The van der Waals surface area contributed by atoms with Crippen molar-refractivity contribution in [2.24, 2.45) is 0 Å². The fourth-order valence-electron chi connectivity index (χ4n) is 2.94. The molecule has 0 aliphatic rings. The van der Waals surface area contributed by atoms with Gasteiger partial charge >= 0.3 is 12.1 Å². The molecule has 0 aliphatic carbocycles. The molecule has 0 bridgehead atoms. The molecule has 3 aromatic rings. The Morgan fingerprint density at radius 2 is 1.97 bits per heavy atom. The van der Waals surface area contributed by atoms with Crippen LogP contribution in [0.5, 0.6) is 11.5 Å². The van der Waals surface area contributed by atoms with Crippen molar-refractivity contribution >= 4 is 28.5 Å². The Morgan fingerprint density at radius 3 is 2.61 bits per heavy atom. The van der Waals surface area contributed by atoms with Gasteiger partial charge in [-0.25, -0.2) is 0 Å². The molecule has 0 radical (unpaired) electrons. The summed E-state index contributed by atoms with van der Waals surface area (Å²) >= 11 is 6.13. The van der Waals surface area contributed by atoms with E-state index >= 15 is 0 Å². The van der Waals surface area contributed by atoms with Crippen LogP contribution in [0.2, 0.25) is 5.02 Å². The maximum absolute atomic E-state index is 13.2. The van der Waals surface area contributed by atoms with E-state index in [0.29, 0.717) is 0 Å². The number of ether oxygens (including phenoxy) is 2. The smallest absolute Gasteiger partial charge is 0.416 e. The molecule has 164 valence electrons. The molecule has 0 unspecified atom stereocenters. The lowest BCUT2D eigenvalue weighted by Gasteiger charge is -2.16. The van der Waals surface area contributed by atoms with Gasteiger partial charge in [0, 0.05) is 6.42 Å². The van der Waals surface area contributed by atoms with Crippen LogP contribution in [0, 0.1) is 0 Å². The van der Waals surface area contributed by atoms with E-state index in [1.165, 1.54) is 19.2 Å². The van der Waals surface area contributed by atoms with E-state index in [1.807, 2.05) is 0 Å². The number of rotatable bonds is 7. The van der Waals surface area contributed by atoms with Gasteiger partial charge in [0.25, 0.3) is 0 Å². The van der Waals surface area contributed by atoms with Crippen molar-refractivity contribution in [3.05, 3.63) is 57.2 Å². The minimum absolute atomic E-state index is 0.0269. The van der Waals surface area contributed by atoms with Crippen LogP contribution in [0.15, 0.2) is 45.6 Å². The molecule has 6 nitrogen and oxygen atoms in total. The molecule has 0 spiro atoms. The fourth-order valence-corrected chi connectivity index (χ4v) is 3.15. The molecule has 0 fully saturated rings. The molecule has 31 heavy (non-hydrogen) atoms. The molecule has 0 aliphatic heterocycles. The fraction of sp³-hybridized carbons (Fsp3) is 0.238. The van der Waals surface area contributed by atoms with Crippen LogP contribution in [0.1, 0.15) is 18.4 Å². The molecule has 0 atom stereocenters. The first-order valence-electron chi connectivity index (χ1n) is 8.99. The van der Waals surface area contributed by atoms with Gasteiger partial charge in [-0.05, 0) is 36.8 Å². The lowest BCUT2D eigenvalue weighted by molar-refractivity contribution is -0.138. The SMILES string of the molecule is COc1c(-c2ccc(C(F)(F)F)cc2OCCCC(=O)O)oc2c(Cl)cccc2c1=O. The number of carboxylic acid groups (broad SMARTS) is 1. The van der Waals surface area contributed by atoms with Crippen LogP contribution in [-0.2, 0) is 11.0 Å². The number of benzene rings is 2. The maximum Gasteiger partial charge on any atom is 0.416 e. The van der Waals surface area contributed by atoms with E-state index in [4.69, 9.17) is 30.6 Å². The normalized spacial score (nSPS) is 11.5. The van der Waals surface area contributed by atoms with Crippen LogP contribution in [0.3, 0.4) is 0 Å². The van der Waals surface area contributed by atoms with Gasteiger partial charge in [0.1, 0.15) is 5.75 Å². The highest BCUT2D eigenvalue weighted by Crippen LogP contribution is 2.41. The van der Waals surface area contributed by atoms with Crippen LogP contribution in [0.25, 0.3) is 22.3 Å². The van der Waals surface area contributed by atoms with Crippen molar-refractivity contribution in [2.75, 3.05) is 13.7 Å². The first kappa shape index (κ1) is 22.5. The minimum atomic E-state index is -4.64. The molecule has 0 saturated carbocycles. The van der Waals surface area contributed by atoms with Crippen molar-refractivity contribution < 1.29 is 37.0 Å². The second-order valence-corrected chi connectivity index (χ2v) is 6.87. The number of para-hydroxylation sites is 1. The molecule has 0 amide bonds. The van der Waals surface area contributed by atoms with Crippen molar-refractivity contribution in [2.45, 2.75) is 19.0 Å². The largest absolute Gasteiger partial charge is 0.493 e. The Morgan fingerprint density at radius 1 is 1.23 bits per heavy atom. The van der Waals surface area contributed by atoms with Gasteiger partial charge in [-0.15, -0.1) is 0 Å². The number of hydrogen-bond donors (Lipinski definition) is 1. The highest BCUT2D eigenvalue weighted by molar-refractivity contribution is 6.34. The zero-order valence-corrected chi connectivity index (χ0v) is 16.8. The van der Waals surface area contributed by atoms with Gasteiger partial charge in [-0.3, -0.25) is 9.59 Å². The van der Waals surface area contributed by atoms with Gasteiger partial charge in [-0.2, -0.15) is 13.2 Å². The summed E-state index contributed by atoms with van der Waals surface area (Å²) in [5.41, 5.74) is -1.47. The molecule has 2 aromatic carbocycles. The second-order valence-electron chi connectivity index (χ2n) is 6.46. The molecule has 1 N–H and O–H groups in total. The number of hydrogen-bond acceptors (Lipinski definition) is 5. The topological polar surface area (TPSA) is 86.0 Å². The molecule has 1 heterocycles. The van der Waals surface area contributed by atoms with E-state index in [2.05, 4.69) is 0 Å². The summed E-state index contributed by atoms with van der Waals surface area (Å²) in [5, 5.41) is 9.01. The molecular weight excluding hydrogens is 441 g/mol. The Kier molecular flexibility index (Phi) is 6.45. The Bertz CT molecular complexity index is 1190. The molecule has 0 saturated heterocycles. The van der Waals surface area contributed by atoms with Crippen molar-refractivity contribution in [1.82, 2.24) is 0 Å². The van der Waals surface area contributed by atoms with Crippen LogP contribution in [0.4, 0.5) is 13.2 Å². The summed E-state index contributed by atoms with van der Waals surface area (Å²) in [6.07, 6.45) is -4.80. The zero-order valence-electron chi connectivity index (χ0n) is 16.1. The van der Waals surface area contributed by atoms with Gasteiger partial charge in [0.2, 0.25) is 11.2 Å². The summed E-state index contributed by atoms with van der Waals surface area (Å²) in [6, 6.07) is 7.20. The van der Waals surface area contributed by atoms with Gasteiger partial charge in [-0.1, -0.05) is 17.7 Å². The summed E-state index contributed by atoms with van der Waals surface area (Å²) in [5.74, 6) is -1.70. The highest BCUT2D eigenvalue weighted by atomic mass is 35.5. The maximum atomic E-state index is 13.2. The van der Waals surface area contributed by atoms with E-state index in [1.54, 1.807) is 6.07 Å². The Hall–Kier alpha value is -3.20. The summed E-state index contributed by atoms with van der Waals surface area (Å²) in [6.45, 7) is -0.165. The standard InChI is InChI=1S/C21H16ClF3O6/c1-29-20-17(28)13-4-2-5-14(22)18(13)31-19(20)12-8-7-11(21(23,24)25)10-15(12)30-9-3-6-16(26)27/h2,4-5,7-8,10H,3,6,9H2,1H3,(H,26,27). The van der Waals surface area contributed by atoms with Crippen LogP contribution in [-0.4, -0.2) is 24.8 Å². The number of methoxy groups -OCH3 is 1. The third-order valence-corrected chi connectivity index (χ3v) is 4.68. The number of carbonyl (C=O) groups is 1. The van der Waals surface area contributed by atoms with E-state index in [0.717, 1.165) is 18.2 Å². The van der Waals surface area contributed by atoms with E-state index < -0.39 is 23.1 Å². The van der Waals surface area contributed by atoms with Crippen molar-refractivity contribution in [1.29, 1.82) is 0 Å². The van der Waals surface area contributed by atoms with Crippen LogP contribution >= 0.6 is 11.6 Å². The highest BCUT2D eigenvalue weighted by Gasteiger charge is 2.32. The number of halogens is 4. The summed E-state index contributed by atoms with van der Waals surface area (Å²) in [7, 11) is 1.23. The summed E-state index contributed by atoms with van der Waals surface area (Å²) in [4.78, 5) is 23.5. The monoisotopic (exact) mass is 456 g/mol. The number of carboxylic acids is 1. The van der Waals surface area contributed by atoms with Crippen molar-refractivity contribution in [3.63, 3.8) is 0 Å². The predicted molar refractivity (Wildman–Crippen MR) is 107 cm³/mol. The zero-order chi connectivity index (χ0) is 22.8. The second kappa shape index (κ2) is 8.89. The molecule has 10 heteroatoms. The third-order valence-electron chi connectivity index (χ3n) is 4.38. The quantitative estimate of drug-likeness (QED) is 0.480. The number of aliphatic carboxylic acids is 1. The summed E-state index contributed by atoms with van der Waals surface area (Å²) < 4.78 is 56.1. The van der Waals surface area contributed by atoms with E-state index in [-0.39, 0.29) is 58.3 Å². The van der Waals surface area contributed by atoms with Gasteiger partial charge in [0.05, 0.1) is 35.3 Å². The lowest BCUT2D eigenvalue weighted by Crippen LogP contribution is -2.10. The van der Waals surface area contributed by atoms with Crippen LogP contribution < -0.4 is 14.9 Å². The first-order valence-corrected chi connectivity index (χ1v) is 9.36. The molecule has 1 aromatic heterocycles.